The summed E-state index contributed by atoms with van der Waals surface area (Å²) in [7, 11) is 0. The van der Waals surface area contributed by atoms with Crippen LogP contribution in [0.2, 0.25) is 0 Å². The minimum Gasteiger partial charge on any atom is -0.381 e. The number of hydrogen-bond donors (Lipinski definition) is 1. The molecule has 0 bridgehead atoms. The average molecular weight is 420 g/mol. The van der Waals surface area contributed by atoms with Gasteiger partial charge in [0.05, 0.1) is 5.69 Å². The first-order chi connectivity index (χ1) is 14.7. The van der Waals surface area contributed by atoms with Gasteiger partial charge in [0.2, 0.25) is 0 Å². The number of anilines is 1. The van der Waals surface area contributed by atoms with Gasteiger partial charge in [0.1, 0.15) is 16.6 Å². The van der Waals surface area contributed by atoms with Gasteiger partial charge in [-0.1, -0.05) is 12.1 Å². The van der Waals surface area contributed by atoms with Crippen LogP contribution in [0.5, 0.6) is 0 Å². The van der Waals surface area contributed by atoms with Crippen molar-refractivity contribution in [3.8, 4) is 21.8 Å². The van der Waals surface area contributed by atoms with Crippen LogP contribution in [0.15, 0.2) is 60.9 Å². The zero-order valence-corrected chi connectivity index (χ0v) is 17.0. The van der Waals surface area contributed by atoms with Crippen molar-refractivity contribution in [2.24, 2.45) is 0 Å². The first-order valence-electron chi connectivity index (χ1n) is 9.89. The van der Waals surface area contributed by atoms with E-state index >= 15 is 0 Å². The van der Waals surface area contributed by atoms with Gasteiger partial charge in [-0.05, 0) is 61.2 Å². The lowest BCUT2D eigenvalue weighted by molar-refractivity contribution is 0.560. The van der Waals surface area contributed by atoms with Crippen LogP contribution in [0, 0.1) is 11.6 Å². The van der Waals surface area contributed by atoms with E-state index in [0.717, 1.165) is 46.8 Å². The Balaban J connectivity index is 1.44. The summed E-state index contributed by atoms with van der Waals surface area (Å²) < 4.78 is 27.8. The Bertz CT molecular complexity index is 1180. The minimum absolute atomic E-state index is 0.0512. The van der Waals surface area contributed by atoms with Crippen LogP contribution >= 0.6 is 11.3 Å². The first-order valence-corrected chi connectivity index (χ1v) is 10.7. The zero-order chi connectivity index (χ0) is 20.5. The largest absolute Gasteiger partial charge is 0.381 e. The fraction of sp³-hybridized carbons (Fsp3) is 0.167. The van der Waals surface area contributed by atoms with E-state index in [1.165, 1.54) is 28.6 Å². The molecule has 0 radical (unpaired) electrons. The molecule has 2 aromatic heterocycles. The van der Waals surface area contributed by atoms with Gasteiger partial charge >= 0.3 is 0 Å². The Morgan fingerprint density at radius 3 is 2.67 bits per heavy atom. The number of fused-ring (bicyclic) bond motifs is 3. The summed E-state index contributed by atoms with van der Waals surface area (Å²) in [5, 5.41) is 4.15. The second-order valence-electron chi connectivity index (χ2n) is 7.31. The molecule has 150 valence electrons. The molecule has 3 nitrogen and oxygen atoms in total. The number of thiazole rings is 1. The van der Waals surface area contributed by atoms with Crippen LogP contribution in [0.25, 0.3) is 21.8 Å². The molecule has 1 N–H and O–H groups in total. The lowest BCUT2D eigenvalue weighted by Gasteiger charge is -2.12. The van der Waals surface area contributed by atoms with Crippen molar-refractivity contribution in [3.63, 3.8) is 0 Å². The van der Waals surface area contributed by atoms with Crippen molar-refractivity contribution < 1.29 is 8.78 Å². The Morgan fingerprint density at radius 1 is 1.00 bits per heavy atom. The normalized spacial score (nSPS) is 12.7. The van der Waals surface area contributed by atoms with Crippen LogP contribution in [0.3, 0.4) is 0 Å². The van der Waals surface area contributed by atoms with Crippen LogP contribution in [0.4, 0.5) is 14.5 Å². The SMILES string of the molecule is Fc1cccc(F)c1CNc1ccc2c(c1)CCCc1sc(-c3cccnc3)nc1-2. The van der Waals surface area contributed by atoms with Crippen LogP contribution in [-0.2, 0) is 19.4 Å². The third-order valence-corrected chi connectivity index (χ3v) is 6.51. The number of aryl methyl sites for hydroxylation is 2. The van der Waals surface area contributed by atoms with Crippen molar-refractivity contribution in [2.45, 2.75) is 25.8 Å². The molecular formula is C24H19F2N3S. The molecule has 0 atom stereocenters. The number of halogens is 2. The zero-order valence-electron chi connectivity index (χ0n) is 16.2. The number of nitrogens with zero attached hydrogens (tertiary/aromatic N) is 2. The Kier molecular flexibility index (Phi) is 5.01. The maximum absolute atomic E-state index is 13.9. The van der Waals surface area contributed by atoms with Crippen LogP contribution in [0.1, 0.15) is 22.4 Å². The smallest absolute Gasteiger partial charge is 0.131 e. The highest BCUT2D eigenvalue weighted by molar-refractivity contribution is 7.15. The summed E-state index contributed by atoms with van der Waals surface area (Å²) in [4.78, 5) is 10.4. The fourth-order valence-corrected chi connectivity index (χ4v) is 4.92. The number of benzene rings is 2. The topological polar surface area (TPSA) is 37.8 Å². The molecule has 0 aliphatic heterocycles. The highest BCUT2D eigenvalue weighted by Crippen LogP contribution is 2.39. The number of pyridine rings is 1. The number of aromatic nitrogens is 2. The van der Waals surface area contributed by atoms with Crippen molar-refractivity contribution in [1.82, 2.24) is 9.97 Å². The molecule has 4 aromatic rings. The van der Waals surface area contributed by atoms with Gasteiger partial charge in [-0.2, -0.15) is 0 Å². The van der Waals surface area contributed by atoms with Crippen molar-refractivity contribution in [3.05, 3.63) is 88.6 Å². The van der Waals surface area contributed by atoms with E-state index < -0.39 is 11.6 Å². The second kappa shape index (κ2) is 7.95. The van der Waals surface area contributed by atoms with Crippen LogP contribution in [-0.4, -0.2) is 9.97 Å². The molecule has 0 amide bonds. The molecule has 0 saturated heterocycles. The van der Waals surface area contributed by atoms with E-state index in [2.05, 4.69) is 22.4 Å². The molecule has 1 aliphatic carbocycles. The summed E-state index contributed by atoms with van der Waals surface area (Å²) in [5.41, 5.74) is 5.31. The van der Waals surface area contributed by atoms with Gasteiger partial charge in [0.25, 0.3) is 0 Å². The van der Waals surface area contributed by atoms with Crippen molar-refractivity contribution >= 4 is 17.0 Å². The van der Waals surface area contributed by atoms with Gasteiger partial charge in [0.15, 0.2) is 0 Å². The predicted octanol–water partition coefficient (Wildman–Crippen LogP) is 6.25. The number of rotatable bonds is 4. The van der Waals surface area contributed by atoms with Crippen LogP contribution < -0.4 is 5.32 Å². The summed E-state index contributed by atoms with van der Waals surface area (Å²) in [6.07, 6.45) is 6.59. The van der Waals surface area contributed by atoms with E-state index in [0.29, 0.717) is 0 Å². The monoisotopic (exact) mass is 419 g/mol. The summed E-state index contributed by atoms with van der Waals surface area (Å²) in [6, 6.07) is 14.0. The Hall–Kier alpha value is -3.12. The lowest BCUT2D eigenvalue weighted by Crippen LogP contribution is -2.05. The molecule has 5 rings (SSSR count). The molecule has 2 heterocycles. The molecule has 30 heavy (non-hydrogen) atoms. The molecule has 0 spiro atoms. The van der Waals surface area contributed by atoms with E-state index in [-0.39, 0.29) is 12.1 Å². The number of hydrogen-bond acceptors (Lipinski definition) is 4. The highest BCUT2D eigenvalue weighted by atomic mass is 32.1. The summed E-state index contributed by atoms with van der Waals surface area (Å²) in [5.74, 6) is -1.07. The maximum atomic E-state index is 13.9. The fourth-order valence-electron chi connectivity index (χ4n) is 3.82. The number of nitrogens with one attached hydrogen (secondary N) is 1. The molecule has 0 saturated carbocycles. The Labute approximate surface area is 177 Å². The highest BCUT2D eigenvalue weighted by Gasteiger charge is 2.20. The quantitative estimate of drug-likeness (QED) is 0.425. The molecule has 6 heteroatoms. The van der Waals surface area contributed by atoms with Crippen molar-refractivity contribution in [1.29, 1.82) is 0 Å². The predicted molar refractivity (Wildman–Crippen MR) is 116 cm³/mol. The summed E-state index contributed by atoms with van der Waals surface area (Å²) in [6.45, 7) is 0.102. The third-order valence-electron chi connectivity index (χ3n) is 5.35. The lowest BCUT2D eigenvalue weighted by atomic mass is 10.0. The summed E-state index contributed by atoms with van der Waals surface area (Å²) >= 11 is 1.73. The Morgan fingerprint density at radius 2 is 1.87 bits per heavy atom. The van der Waals surface area contributed by atoms with Gasteiger partial charge < -0.3 is 5.32 Å². The standard InChI is InChI=1S/C24H19F2N3S/c25-20-6-2-7-21(26)19(20)14-28-17-9-10-18-15(12-17)4-1-8-22-23(18)29-24(30-22)16-5-3-11-27-13-16/h2-3,5-7,9-13,28H,1,4,8,14H2. The molecule has 0 unspecified atom stereocenters. The van der Waals surface area contributed by atoms with E-state index in [4.69, 9.17) is 4.98 Å². The molecular weight excluding hydrogens is 400 g/mol. The van der Waals surface area contributed by atoms with E-state index in [9.17, 15) is 8.78 Å². The molecule has 0 fully saturated rings. The van der Waals surface area contributed by atoms with E-state index in [1.54, 1.807) is 17.5 Å². The van der Waals surface area contributed by atoms with Crippen molar-refractivity contribution in [2.75, 3.05) is 5.32 Å². The van der Waals surface area contributed by atoms with Gasteiger partial charge in [-0.15, -0.1) is 11.3 Å². The maximum Gasteiger partial charge on any atom is 0.131 e. The minimum atomic E-state index is -0.535. The third kappa shape index (κ3) is 3.59. The molecule has 2 aromatic carbocycles. The van der Waals surface area contributed by atoms with Gasteiger partial charge in [0, 0.05) is 46.2 Å². The average Bonchev–Trinajstić information content (AvgIpc) is 3.11. The van der Waals surface area contributed by atoms with E-state index in [1.807, 2.05) is 24.4 Å². The van der Waals surface area contributed by atoms with Gasteiger partial charge in [-0.25, -0.2) is 13.8 Å². The van der Waals surface area contributed by atoms with Gasteiger partial charge in [-0.3, -0.25) is 4.98 Å². The first kappa shape index (κ1) is 18.9. The second-order valence-corrected chi connectivity index (χ2v) is 8.40. The molecule has 1 aliphatic rings.